The Balaban J connectivity index is 3.11. The number of Topliss-reactive ketones (excluding diaryl/α,β-unsaturated/α-hetero) is 1. The first-order valence-electron chi connectivity index (χ1n) is 5.43. The van der Waals surface area contributed by atoms with Gasteiger partial charge in [-0.2, -0.15) is 0 Å². The van der Waals surface area contributed by atoms with Crippen molar-refractivity contribution in [2.45, 2.75) is 11.8 Å². The van der Waals surface area contributed by atoms with E-state index >= 15 is 0 Å². The summed E-state index contributed by atoms with van der Waals surface area (Å²) in [5.41, 5.74) is 0.777. The second-order valence-corrected chi connectivity index (χ2v) is 5.23. The number of ketones is 1. The van der Waals surface area contributed by atoms with E-state index in [-0.39, 0.29) is 5.78 Å². The van der Waals surface area contributed by atoms with E-state index in [1.165, 1.54) is 0 Å². The number of hydrogen-bond acceptors (Lipinski definition) is 2. The van der Waals surface area contributed by atoms with E-state index in [1.807, 2.05) is 61.9 Å². The SMILES string of the molecule is CC(=O)c1ccccc1SC(N(C)C)=[N+](C)C. The van der Waals surface area contributed by atoms with Crippen LogP contribution in [0.15, 0.2) is 29.2 Å². The maximum absolute atomic E-state index is 11.5. The van der Waals surface area contributed by atoms with Gasteiger partial charge in [0.1, 0.15) is 0 Å². The first-order chi connectivity index (χ1) is 7.93. The Morgan fingerprint density at radius 1 is 1.24 bits per heavy atom. The van der Waals surface area contributed by atoms with Crippen molar-refractivity contribution in [2.24, 2.45) is 0 Å². The third-order valence-corrected chi connectivity index (χ3v) is 3.72. The Morgan fingerprint density at radius 2 is 1.82 bits per heavy atom. The third kappa shape index (κ3) is 3.60. The number of hydrogen-bond donors (Lipinski definition) is 0. The summed E-state index contributed by atoms with van der Waals surface area (Å²) in [7, 11) is 7.99. The van der Waals surface area contributed by atoms with E-state index in [0.29, 0.717) is 0 Å². The third-order valence-electron chi connectivity index (χ3n) is 2.23. The summed E-state index contributed by atoms with van der Waals surface area (Å²) in [4.78, 5) is 14.6. The van der Waals surface area contributed by atoms with Gasteiger partial charge in [0, 0.05) is 10.5 Å². The molecule has 0 radical (unpaired) electrons. The van der Waals surface area contributed by atoms with Crippen molar-refractivity contribution in [3.63, 3.8) is 0 Å². The number of amidine groups is 1. The maximum Gasteiger partial charge on any atom is 0.312 e. The van der Waals surface area contributed by atoms with Crippen LogP contribution in [0.25, 0.3) is 0 Å². The minimum atomic E-state index is 0.102. The van der Waals surface area contributed by atoms with E-state index in [2.05, 4.69) is 0 Å². The molecular formula is C13H19N2OS+. The fraction of sp³-hybridized carbons (Fsp3) is 0.385. The van der Waals surface area contributed by atoms with Crippen molar-refractivity contribution in [1.82, 2.24) is 4.90 Å². The van der Waals surface area contributed by atoms with Gasteiger partial charge < -0.3 is 0 Å². The molecule has 0 atom stereocenters. The molecule has 17 heavy (non-hydrogen) atoms. The number of rotatable bonds is 2. The smallest absolute Gasteiger partial charge is 0.294 e. The highest BCUT2D eigenvalue weighted by atomic mass is 32.2. The highest BCUT2D eigenvalue weighted by molar-refractivity contribution is 8.13. The molecule has 0 bridgehead atoms. The predicted molar refractivity (Wildman–Crippen MR) is 73.1 cm³/mol. The number of thioether (sulfide) groups is 1. The Labute approximate surface area is 107 Å². The van der Waals surface area contributed by atoms with Gasteiger partial charge in [0.15, 0.2) is 5.78 Å². The molecule has 4 heteroatoms. The van der Waals surface area contributed by atoms with Crippen molar-refractivity contribution >= 4 is 22.7 Å². The van der Waals surface area contributed by atoms with Crippen LogP contribution in [0.1, 0.15) is 17.3 Å². The average molecular weight is 251 g/mol. The van der Waals surface area contributed by atoms with Crippen LogP contribution in [0.2, 0.25) is 0 Å². The Morgan fingerprint density at radius 3 is 2.29 bits per heavy atom. The molecule has 0 aliphatic heterocycles. The van der Waals surface area contributed by atoms with Gasteiger partial charge >= 0.3 is 5.17 Å². The molecule has 0 saturated heterocycles. The fourth-order valence-corrected chi connectivity index (χ4v) is 2.56. The van der Waals surface area contributed by atoms with Gasteiger partial charge in [-0.3, -0.25) is 14.3 Å². The molecule has 0 N–H and O–H groups in total. The van der Waals surface area contributed by atoms with Gasteiger partial charge in [-0.1, -0.05) is 18.2 Å². The highest BCUT2D eigenvalue weighted by Crippen LogP contribution is 2.24. The largest absolute Gasteiger partial charge is 0.312 e. The van der Waals surface area contributed by atoms with Gasteiger partial charge in [-0.05, 0) is 24.8 Å². The fourth-order valence-electron chi connectivity index (χ4n) is 1.53. The van der Waals surface area contributed by atoms with Crippen molar-refractivity contribution < 1.29 is 9.37 Å². The van der Waals surface area contributed by atoms with Crippen LogP contribution >= 0.6 is 11.8 Å². The lowest BCUT2D eigenvalue weighted by molar-refractivity contribution is -0.466. The summed E-state index contributed by atoms with van der Waals surface area (Å²) in [6.45, 7) is 1.60. The van der Waals surface area contributed by atoms with E-state index in [9.17, 15) is 4.79 Å². The molecule has 1 aromatic carbocycles. The van der Waals surface area contributed by atoms with Crippen molar-refractivity contribution in [3.05, 3.63) is 29.8 Å². The number of benzene rings is 1. The molecule has 0 heterocycles. The van der Waals surface area contributed by atoms with Gasteiger partial charge in [0.05, 0.1) is 28.2 Å². The summed E-state index contributed by atoms with van der Waals surface area (Å²) < 4.78 is 2.04. The van der Waals surface area contributed by atoms with Crippen molar-refractivity contribution in [2.75, 3.05) is 28.2 Å². The molecule has 0 fully saturated rings. The maximum atomic E-state index is 11.5. The monoisotopic (exact) mass is 251 g/mol. The van der Waals surface area contributed by atoms with Crippen LogP contribution in [-0.4, -0.2) is 48.6 Å². The molecule has 92 valence electrons. The summed E-state index contributed by atoms with van der Waals surface area (Å²) >= 11 is 1.61. The Bertz CT molecular complexity index is 448. The zero-order valence-electron chi connectivity index (χ0n) is 11.0. The molecule has 1 aromatic rings. The van der Waals surface area contributed by atoms with Crippen molar-refractivity contribution in [3.8, 4) is 0 Å². The average Bonchev–Trinajstić information content (AvgIpc) is 2.25. The second kappa shape index (κ2) is 5.87. The highest BCUT2D eigenvalue weighted by Gasteiger charge is 2.17. The lowest BCUT2D eigenvalue weighted by Crippen LogP contribution is -2.26. The molecule has 0 spiro atoms. The van der Waals surface area contributed by atoms with Crippen LogP contribution in [0.5, 0.6) is 0 Å². The molecule has 0 aliphatic carbocycles. The zero-order valence-corrected chi connectivity index (χ0v) is 11.8. The van der Waals surface area contributed by atoms with Crippen LogP contribution in [0.4, 0.5) is 0 Å². The molecular weight excluding hydrogens is 232 g/mol. The molecule has 0 aliphatic rings. The summed E-state index contributed by atoms with van der Waals surface area (Å²) in [6, 6.07) is 7.70. The molecule has 0 aromatic heterocycles. The van der Waals surface area contributed by atoms with Gasteiger partial charge in [-0.25, -0.2) is 0 Å². The normalized spacial score (nSPS) is 9.94. The zero-order chi connectivity index (χ0) is 13.0. The van der Waals surface area contributed by atoms with Gasteiger partial charge in [0.25, 0.3) is 0 Å². The molecule has 0 amide bonds. The molecule has 3 nitrogen and oxygen atoms in total. The van der Waals surface area contributed by atoms with E-state index in [1.54, 1.807) is 18.7 Å². The first kappa shape index (κ1) is 13.8. The van der Waals surface area contributed by atoms with Gasteiger partial charge in [-0.15, -0.1) is 0 Å². The molecule has 0 saturated carbocycles. The van der Waals surface area contributed by atoms with Crippen LogP contribution in [0.3, 0.4) is 0 Å². The summed E-state index contributed by atoms with van der Waals surface area (Å²) in [5.74, 6) is 0.102. The number of carbonyl (C=O) groups is 1. The van der Waals surface area contributed by atoms with E-state index < -0.39 is 0 Å². The minimum absolute atomic E-state index is 0.102. The number of nitrogens with zero attached hydrogens (tertiary/aromatic N) is 2. The standard InChI is InChI=1S/C13H19N2OS/c1-10(16)11-8-6-7-9-12(11)17-13(14(2)3)15(4)5/h6-9H,1-5H3/q+1. The van der Waals surface area contributed by atoms with Crippen molar-refractivity contribution in [1.29, 1.82) is 0 Å². The predicted octanol–water partition coefficient (Wildman–Crippen LogP) is 2.17. The summed E-state index contributed by atoms with van der Waals surface area (Å²) in [6.07, 6.45) is 0. The lowest BCUT2D eigenvalue weighted by atomic mass is 10.1. The number of carbonyl (C=O) groups excluding carboxylic acids is 1. The topological polar surface area (TPSA) is 23.3 Å². The molecule has 1 rings (SSSR count). The van der Waals surface area contributed by atoms with Crippen LogP contribution in [-0.2, 0) is 0 Å². The van der Waals surface area contributed by atoms with Crippen LogP contribution < -0.4 is 0 Å². The Kier molecular flexibility index (Phi) is 4.75. The van der Waals surface area contributed by atoms with Gasteiger partial charge in [0.2, 0.25) is 0 Å². The van der Waals surface area contributed by atoms with Crippen LogP contribution in [0, 0.1) is 0 Å². The summed E-state index contributed by atoms with van der Waals surface area (Å²) in [5, 5.41) is 1.10. The first-order valence-corrected chi connectivity index (χ1v) is 6.24. The van der Waals surface area contributed by atoms with E-state index in [4.69, 9.17) is 0 Å². The molecule has 0 unspecified atom stereocenters. The quantitative estimate of drug-likeness (QED) is 0.265. The Hall–Kier alpha value is -1.29. The lowest BCUT2D eigenvalue weighted by Gasteiger charge is -2.12. The minimum Gasteiger partial charge on any atom is -0.294 e. The van der Waals surface area contributed by atoms with E-state index in [0.717, 1.165) is 15.6 Å². The second-order valence-electron chi connectivity index (χ2n) is 4.23.